The molecule has 0 saturated heterocycles. The Bertz CT molecular complexity index is 908. The van der Waals surface area contributed by atoms with Crippen LogP contribution in [0.3, 0.4) is 0 Å². The second-order valence-electron chi connectivity index (χ2n) is 7.23. The molecule has 2 aromatic carbocycles. The van der Waals surface area contributed by atoms with E-state index in [1.807, 2.05) is 37.3 Å². The van der Waals surface area contributed by atoms with Crippen molar-refractivity contribution in [3.8, 4) is 5.75 Å². The molecule has 0 atom stereocenters. The van der Waals surface area contributed by atoms with Crippen molar-refractivity contribution in [3.05, 3.63) is 54.6 Å². The lowest BCUT2D eigenvalue weighted by Gasteiger charge is -2.32. The van der Waals surface area contributed by atoms with Gasteiger partial charge in [0.05, 0.1) is 4.90 Å². The molecule has 156 valence electrons. The summed E-state index contributed by atoms with van der Waals surface area (Å²) < 4.78 is 33.2. The molecule has 1 aliphatic rings. The zero-order valence-electron chi connectivity index (χ0n) is 17.0. The van der Waals surface area contributed by atoms with Crippen molar-refractivity contribution < 1.29 is 17.9 Å². The Labute approximate surface area is 173 Å². The quantitative estimate of drug-likeness (QED) is 0.687. The van der Waals surface area contributed by atoms with Gasteiger partial charge in [-0.3, -0.25) is 4.90 Å². The first-order valence-corrected chi connectivity index (χ1v) is 11.5. The van der Waals surface area contributed by atoms with Crippen LogP contribution in [0.15, 0.2) is 59.5 Å². The molecule has 0 heterocycles. The van der Waals surface area contributed by atoms with Crippen LogP contribution in [0, 0.1) is 0 Å². The molecule has 1 amide bonds. The molecule has 0 bridgehead atoms. The van der Waals surface area contributed by atoms with Crippen molar-refractivity contribution in [1.82, 2.24) is 4.31 Å². The molecule has 6 nitrogen and oxygen atoms in total. The maximum Gasteiger partial charge on any atom is 0.419 e. The van der Waals surface area contributed by atoms with E-state index in [9.17, 15) is 13.2 Å². The third-order valence-electron chi connectivity index (χ3n) is 5.35. The van der Waals surface area contributed by atoms with Gasteiger partial charge in [0.2, 0.25) is 10.0 Å². The van der Waals surface area contributed by atoms with E-state index >= 15 is 0 Å². The first-order valence-electron chi connectivity index (χ1n) is 10.1. The average molecular weight is 417 g/mol. The van der Waals surface area contributed by atoms with Crippen LogP contribution in [-0.2, 0) is 10.0 Å². The van der Waals surface area contributed by atoms with E-state index in [2.05, 4.69) is 0 Å². The SMILES string of the molecule is CCN(C1CCCCC1)S(=O)(=O)c1ccc(OC(=O)N(C)c2ccccc2)cc1. The summed E-state index contributed by atoms with van der Waals surface area (Å²) in [5, 5.41) is 0. The smallest absolute Gasteiger partial charge is 0.410 e. The normalized spacial score (nSPS) is 15.3. The fourth-order valence-electron chi connectivity index (χ4n) is 3.73. The Kier molecular flexibility index (Phi) is 6.92. The van der Waals surface area contributed by atoms with Crippen LogP contribution in [0.1, 0.15) is 39.0 Å². The first kappa shape index (κ1) is 21.3. The fraction of sp³-hybridized carbons (Fsp3) is 0.409. The molecule has 0 aliphatic heterocycles. The minimum Gasteiger partial charge on any atom is -0.410 e. The van der Waals surface area contributed by atoms with Crippen LogP contribution in [0.5, 0.6) is 5.75 Å². The monoisotopic (exact) mass is 416 g/mol. The van der Waals surface area contributed by atoms with Crippen LogP contribution in [0.2, 0.25) is 0 Å². The number of carbonyl (C=O) groups excluding carboxylic acids is 1. The van der Waals surface area contributed by atoms with Gasteiger partial charge in [0.1, 0.15) is 5.75 Å². The first-order chi connectivity index (χ1) is 13.9. The van der Waals surface area contributed by atoms with Gasteiger partial charge in [-0.2, -0.15) is 4.31 Å². The van der Waals surface area contributed by atoms with Gasteiger partial charge in [-0.15, -0.1) is 0 Å². The van der Waals surface area contributed by atoms with Crippen LogP contribution in [-0.4, -0.2) is 38.5 Å². The molecule has 1 saturated carbocycles. The van der Waals surface area contributed by atoms with Crippen LogP contribution in [0.4, 0.5) is 10.5 Å². The average Bonchev–Trinajstić information content (AvgIpc) is 2.75. The fourth-order valence-corrected chi connectivity index (χ4v) is 5.43. The molecular formula is C22H28N2O4S. The maximum absolute atomic E-state index is 13.1. The van der Waals surface area contributed by atoms with Gasteiger partial charge >= 0.3 is 6.09 Å². The molecule has 1 aliphatic carbocycles. The Hall–Kier alpha value is -2.38. The molecule has 0 N–H and O–H groups in total. The van der Waals surface area contributed by atoms with E-state index in [-0.39, 0.29) is 10.9 Å². The summed E-state index contributed by atoms with van der Waals surface area (Å²) >= 11 is 0. The number of hydrogen-bond acceptors (Lipinski definition) is 4. The summed E-state index contributed by atoms with van der Waals surface area (Å²) in [7, 11) is -1.95. The summed E-state index contributed by atoms with van der Waals surface area (Å²) in [6.07, 6.45) is 4.60. The van der Waals surface area contributed by atoms with Gasteiger partial charge < -0.3 is 4.74 Å². The largest absolute Gasteiger partial charge is 0.419 e. The Morgan fingerprint density at radius 3 is 2.21 bits per heavy atom. The summed E-state index contributed by atoms with van der Waals surface area (Å²) in [5.41, 5.74) is 0.711. The molecular weight excluding hydrogens is 388 g/mol. The number of benzene rings is 2. The number of ether oxygens (including phenoxy) is 1. The highest BCUT2D eigenvalue weighted by Crippen LogP contribution is 2.28. The predicted octanol–water partition coefficient (Wildman–Crippen LogP) is 4.67. The summed E-state index contributed by atoms with van der Waals surface area (Å²) in [6.45, 7) is 2.33. The zero-order valence-corrected chi connectivity index (χ0v) is 17.8. The third kappa shape index (κ3) is 4.97. The molecule has 0 spiro atoms. The van der Waals surface area contributed by atoms with Crippen molar-refractivity contribution in [2.24, 2.45) is 0 Å². The summed E-state index contributed by atoms with van der Waals surface area (Å²) in [4.78, 5) is 14.0. The van der Waals surface area contributed by atoms with Crippen molar-refractivity contribution in [1.29, 1.82) is 0 Å². The standard InChI is InChI=1S/C22H28N2O4S/c1-3-24(19-12-8-5-9-13-19)29(26,27)21-16-14-20(15-17-21)28-22(25)23(2)18-10-6-4-7-11-18/h4,6-7,10-11,14-17,19H,3,5,8-9,12-13H2,1-2H3. The van der Waals surface area contributed by atoms with Crippen molar-refractivity contribution in [3.63, 3.8) is 0 Å². The number of anilines is 1. The number of hydrogen-bond donors (Lipinski definition) is 0. The van der Waals surface area contributed by atoms with Gasteiger partial charge in [0, 0.05) is 25.3 Å². The number of carbonyl (C=O) groups is 1. The predicted molar refractivity (Wildman–Crippen MR) is 114 cm³/mol. The Morgan fingerprint density at radius 1 is 1.00 bits per heavy atom. The molecule has 2 aromatic rings. The summed E-state index contributed by atoms with van der Waals surface area (Å²) in [5.74, 6) is 0.303. The number of amides is 1. The second-order valence-corrected chi connectivity index (χ2v) is 9.12. The molecule has 0 unspecified atom stereocenters. The van der Waals surface area contributed by atoms with E-state index in [1.54, 1.807) is 11.4 Å². The number of rotatable bonds is 6. The molecule has 29 heavy (non-hydrogen) atoms. The van der Waals surface area contributed by atoms with Gasteiger partial charge in [0.15, 0.2) is 0 Å². The van der Waals surface area contributed by atoms with Gasteiger partial charge in [0.25, 0.3) is 0 Å². The van der Waals surface area contributed by atoms with Gasteiger partial charge in [-0.05, 0) is 49.2 Å². The van der Waals surface area contributed by atoms with E-state index in [0.717, 1.165) is 25.7 Å². The molecule has 3 rings (SSSR count). The maximum atomic E-state index is 13.1. The number of nitrogens with zero attached hydrogens (tertiary/aromatic N) is 2. The van der Waals surface area contributed by atoms with Crippen LogP contribution < -0.4 is 9.64 Å². The van der Waals surface area contributed by atoms with Crippen molar-refractivity contribution in [2.75, 3.05) is 18.5 Å². The summed E-state index contributed by atoms with van der Waals surface area (Å²) in [6, 6.07) is 15.3. The van der Waals surface area contributed by atoms with Gasteiger partial charge in [-0.25, -0.2) is 13.2 Å². The minimum absolute atomic E-state index is 0.0655. The van der Waals surface area contributed by atoms with E-state index in [0.29, 0.717) is 18.0 Å². The number of sulfonamides is 1. The number of para-hydroxylation sites is 1. The lowest BCUT2D eigenvalue weighted by Crippen LogP contribution is -2.41. The second kappa shape index (κ2) is 9.41. The third-order valence-corrected chi connectivity index (χ3v) is 7.39. The topological polar surface area (TPSA) is 66.9 Å². The molecule has 0 radical (unpaired) electrons. The van der Waals surface area contributed by atoms with E-state index < -0.39 is 16.1 Å². The van der Waals surface area contributed by atoms with Crippen molar-refractivity contribution >= 4 is 21.8 Å². The Balaban J connectivity index is 1.71. The highest BCUT2D eigenvalue weighted by atomic mass is 32.2. The van der Waals surface area contributed by atoms with Crippen LogP contribution in [0.25, 0.3) is 0 Å². The minimum atomic E-state index is -3.57. The van der Waals surface area contributed by atoms with Crippen LogP contribution >= 0.6 is 0 Å². The Morgan fingerprint density at radius 2 is 1.62 bits per heavy atom. The van der Waals surface area contributed by atoms with Gasteiger partial charge in [-0.1, -0.05) is 44.4 Å². The lowest BCUT2D eigenvalue weighted by atomic mass is 9.95. The lowest BCUT2D eigenvalue weighted by molar-refractivity contribution is 0.209. The highest BCUT2D eigenvalue weighted by molar-refractivity contribution is 7.89. The van der Waals surface area contributed by atoms with E-state index in [4.69, 9.17) is 4.74 Å². The molecule has 7 heteroatoms. The zero-order chi connectivity index (χ0) is 20.9. The van der Waals surface area contributed by atoms with Crippen molar-refractivity contribution in [2.45, 2.75) is 50.0 Å². The molecule has 1 fully saturated rings. The highest BCUT2D eigenvalue weighted by Gasteiger charge is 2.31. The molecule has 0 aromatic heterocycles. The van der Waals surface area contributed by atoms with E-state index in [1.165, 1.54) is 35.6 Å².